The van der Waals surface area contributed by atoms with Crippen LogP contribution in [0, 0.1) is 17.0 Å². The number of halogens is 1. The van der Waals surface area contributed by atoms with Crippen molar-refractivity contribution in [2.75, 3.05) is 0 Å². The van der Waals surface area contributed by atoms with Crippen molar-refractivity contribution in [2.45, 2.75) is 6.92 Å². The summed E-state index contributed by atoms with van der Waals surface area (Å²) in [7, 11) is 0. The van der Waals surface area contributed by atoms with Crippen LogP contribution in [0.4, 0.5) is 5.69 Å². The summed E-state index contributed by atoms with van der Waals surface area (Å²) in [4.78, 5) is 15.1. The highest BCUT2D eigenvalue weighted by atomic mass is 35.5. The lowest BCUT2D eigenvalue weighted by Crippen LogP contribution is -1.91. The molecule has 0 saturated heterocycles. The van der Waals surface area contributed by atoms with Gasteiger partial charge in [0.15, 0.2) is 0 Å². The van der Waals surface area contributed by atoms with Gasteiger partial charge in [-0.3, -0.25) is 10.1 Å². The maximum absolute atomic E-state index is 11.0. The molecule has 0 atom stereocenters. The van der Waals surface area contributed by atoms with Gasteiger partial charge in [0.2, 0.25) is 0 Å². The van der Waals surface area contributed by atoms with E-state index in [0.29, 0.717) is 21.2 Å². The molecule has 22 heavy (non-hydrogen) atoms. The molecule has 0 aliphatic rings. The fraction of sp³-hybridized carbons (Fsp3) is 0.0625. The molecule has 1 aromatic heterocycles. The number of hydrogen-bond acceptors (Lipinski definition) is 4. The van der Waals surface area contributed by atoms with E-state index in [4.69, 9.17) is 11.6 Å². The number of nitrogens with zero attached hydrogens (tertiary/aromatic N) is 2. The fourth-order valence-electron chi connectivity index (χ4n) is 2.10. The minimum atomic E-state index is -0.391. The second kappa shape index (κ2) is 5.87. The second-order valence-electron chi connectivity index (χ2n) is 4.78. The van der Waals surface area contributed by atoms with Crippen LogP contribution < -0.4 is 0 Å². The number of aromatic nitrogens is 1. The Kier molecular flexibility index (Phi) is 3.92. The van der Waals surface area contributed by atoms with Crippen molar-refractivity contribution in [3.05, 3.63) is 68.7 Å². The van der Waals surface area contributed by atoms with E-state index in [2.05, 4.69) is 4.98 Å². The quantitative estimate of drug-likeness (QED) is 0.487. The molecular weight excluding hydrogens is 320 g/mol. The van der Waals surface area contributed by atoms with Gasteiger partial charge in [-0.1, -0.05) is 35.9 Å². The van der Waals surface area contributed by atoms with Crippen LogP contribution in [-0.2, 0) is 0 Å². The predicted octanol–water partition coefficient (Wildman–Crippen LogP) is 5.25. The lowest BCUT2D eigenvalue weighted by molar-refractivity contribution is -0.385. The molecule has 1 heterocycles. The minimum Gasteiger partial charge on any atom is -0.258 e. The van der Waals surface area contributed by atoms with Crippen LogP contribution in [0.15, 0.2) is 42.5 Å². The molecule has 0 saturated carbocycles. The molecule has 0 bridgehead atoms. The highest BCUT2D eigenvalue weighted by Crippen LogP contribution is 2.31. The minimum absolute atomic E-state index is 0.0857. The molecular formula is C16H11ClN2O2S. The number of para-hydroxylation sites is 1. The first-order chi connectivity index (χ1) is 10.5. The van der Waals surface area contributed by atoms with Crippen LogP contribution in [0.1, 0.15) is 16.1 Å². The molecule has 0 spiro atoms. The fourth-order valence-corrected chi connectivity index (χ4v) is 3.25. The molecule has 0 fully saturated rings. The maximum atomic E-state index is 11.0. The van der Waals surface area contributed by atoms with Gasteiger partial charge in [-0.2, -0.15) is 0 Å². The van der Waals surface area contributed by atoms with Crippen molar-refractivity contribution in [3.63, 3.8) is 0 Å². The number of thiazole rings is 1. The smallest absolute Gasteiger partial charge is 0.258 e. The number of aryl methyl sites for hydroxylation is 1. The topological polar surface area (TPSA) is 56.0 Å². The van der Waals surface area contributed by atoms with Gasteiger partial charge >= 0.3 is 0 Å². The molecule has 110 valence electrons. The number of benzene rings is 2. The molecule has 3 aromatic rings. The molecule has 3 rings (SSSR count). The van der Waals surface area contributed by atoms with Gasteiger partial charge in [0.1, 0.15) is 5.01 Å². The molecule has 0 N–H and O–H groups in total. The van der Waals surface area contributed by atoms with Gasteiger partial charge in [-0.15, -0.1) is 11.3 Å². The van der Waals surface area contributed by atoms with Crippen LogP contribution in [0.25, 0.3) is 21.3 Å². The third-order valence-corrected chi connectivity index (χ3v) is 4.69. The average molecular weight is 331 g/mol. The first-order valence-corrected chi connectivity index (χ1v) is 7.72. The Morgan fingerprint density at radius 3 is 2.82 bits per heavy atom. The Hall–Kier alpha value is -2.24. The number of nitro groups is 1. The van der Waals surface area contributed by atoms with Crippen molar-refractivity contribution in [2.24, 2.45) is 0 Å². The molecule has 0 aliphatic carbocycles. The third-order valence-electron chi connectivity index (χ3n) is 3.22. The molecule has 0 radical (unpaired) electrons. The summed E-state index contributed by atoms with van der Waals surface area (Å²) in [6.07, 6.45) is 1.70. The van der Waals surface area contributed by atoms with E-state index < -0.39 is 4.92 Å². The number of fused-ring (bicyclic) bond motifs is 1. The molecule has 0 amide bonds. The number of nitro benzene ring substituents is 1. The van der Waals surface area contributed by atoms with Crippen LogP contribution in [0.2, 0.25) is 0 Å². The van der Waals surface area contributed by atoms with Crippen LogP contribution >= 0.6 is 22.9 Å². The molecule has 0 unspecified atom stereocenters. The average Bonchev–Trinajstić information content (AvgIpc) is 2.93. The van der Waals surface area contributed by atoms with Gasteiger partial charge in [-0.05, 0) is 30.7 Å². The van der Waals surface area contributed by atoms with Crippen molar-refractivity contribution in [1.82, 2.24) is 4.98 Å². The van der Waals surface area contributed by atoms with E-state index in [0.717, 1.165) is 10.2 Å². The van der Waals surface area contributed by atoms with Crippen molar-refractivity contribution in [1.29, 1.82) is 0 Å². The normalized spacial score (nSPS) is 11.8. The molecule has 4 nitrogen and oxygen atoms in total. The van der Waals surface area contributed by atoms with Crippen molar-refractivity contribution < 1.29 is 4.92 Å². The summed E-state index contributed by atoms with van der Waals surface area (Å²) >= 11 is 7.82. The van der Waals surface area contributed by atoms with E-state index in [1.807, 2.05) is 24.3 Å². The summed E-state index contributed by atoms with van der Waals surface area (Å²) in [6.45, 7) is 1.71. The zero-order valence-corrected chi connectivity index (χ0v) is 13.2. The largest absolute Gasteiger partial charge is 0.272 e. The van der Waals surface area contributed by atoms with Gasteiger partial charge in [0.25, 0.3) is 5.69 Å². The van der Waals surface area contributed by atoms with E-state index in [-0.39, 0.29) is 5.69 Å². The maximum Gasteiger partial charge on any atom is 0.272 e. The monoisotopic (exact) mass is 330 g/mol. The highest BCUT2D eigenvalue weighted by Gasteiger charge is 2.11. The van der Waals surface area contributed by atoms with Crippen LogP contribution in [0.5, 0.6) is 0 Å². The van der Waals surface area contributed by atoms with Crippen LogP contribution in [-0.4, -0.2) is 9.91 Å². The van der Waals surface area contributed by atoms with E-state index in [1.165, 1.54) is 17.4 Å². The predicted molar refractivity (Wildman–Crippen MR) is 91.2 cm³/mol. The number of hydrogen-bond donors (Lipinski definition) is 0. The molecule has 6 heteroatoms. The van der Waals surface area contributed by atoms with Gasteiger partial charge in [-0.25, -0.2) is 4.98 Å². The van der Waals surface area contributed by atoms with E-state index >= 15 is 0 Å². The van der Waals surface area contributed by atoms with E-state index in [9.17, 15) is 10.1 Å². The highest BCUT2D eigenvalue weighted by molar-refractivity contribution is 7.20. The first-order valence-electron chi connectivity index (χ1n) is 6.53. The summed E-state index contributed by atoms with van der Waals surface area (Å²) in [5.74, 6) is 0. The Morgan fingerprint density at radius 2 is 2.09 bits per heavy atom. The Morgan fingerprint density at radius 1 is 1.32 bits per heavy atom. The van der Waals surface area contributed by atoms with E-state index in [1.54, 1.807) is 25.1 Å². The lowest BCUT2D eigenvalue weighted by atomic mass is 10.1. The summed E-state index contributed by atoms with van der Waals surface area (Å²) in [6, 6.07) is 12.8. The van der Waals surface area contributed by atoms with Crippen molar-refractivity contribution in [3.8, 4) is 0 Å². The second-order valence-corrected chi connectivity index (χ2v) is 6.22. The third kappa shape index (κ3) is 2.86. The summed E-state index contributed by atoms with van der Waals surface area (Å²) in [5.41, 5.74) is 2.28. The first kappa shape index (κ1) is 14.7. The SMILES string of the molecule is Cc1ccc(/C=C(\Cl)c2nc3ccccc3s2)cc1[N+](=O)[O-]. The summed E-state index contributed by atoms with van der Waals surface area (Å²) in [5, 5.41) is 12.2. The van der Waals surface area contributed by atoms with Gasteiger partial charge in [0.05, 0.1) is 20.2 Å². The zero-order chi connectivity index (χ0) is 15.7. The van der Waals surface area contributed by atoms with Crippen LogP contribution in [0.3, 0.4) is 0 Å². The number of rotatable bonds is 3. The Balaban J connectivity index is 2.00. The van der Waals surface area contributed by atoms with Crippen molar-refractivity contribution >= 4 is 50.0 Å². The molecule has 0 aliphatic heterocycles. The summed E-state index contributed by atoms with van der Waals surface area (Å²) < 4.78 is 1.05. The Bertz CT molecular complexity index is 869. The Labute approximate surface area is 135 Å². The standard InChI is InChI=1S/C16H11ClN2O2S/c1-10-6-7-11(9-14(10)19(20)21)8-12(17)16-18-13-4-2-3-5-15(13)22-16/h2-9H,1H3/b12-8-. The molecule has 2 aromatic carbocycles. The van der Waals surface area contributed by atoms with Gasteiger partial charge in [0, 0.05) is 11.6 Å². The van der Waals surface area contributed by atoms with Gasteiger partial charge < -0.3 is 0 Å². The zero-order valence-electron chi connectivity index (χ0n) is 11.6. The lowest BCUT2D eigenvalue weighted by Gasteiger charge is -1.99.